The fourth-order valence-corrected chi connectivity index (χ4v) is 5.56. The van der Waals surface area contributed by atoms with Crippen LogP contribution in [0.15, 0.2) is 88.9 Å². The molecule has 1 fully saturated rings. The van der Waals surface area contributed by atoms with E-state index >= 15 is 0 Å². The number of benzene rings is 3. The fourth-order valence-electron chi connectivity index (χ4n) is 4.02. The van der Waals surface area contributed by atoms with Crippen LogP contribution in [0, 0.1) is 0 Å². The van der Waals surface area contributed by atoms with Gasteiger partial charge in [0.25, 0.3) is 21.8 Å². The summed E-state index contributed by atoms with van der Waals surface area (Å²) in [5.74, 6) is -0.0954. The highest BCUT2D eigenvalue weighted by molar-refractivity contribution is 7.92. The van der Waals surface area contributed by atoms with Crippen molar-refractivity contribution in [1.29, 1.82) is 0 Å². The van der Waals surface area contributed by atoms with E-state index in [0.717, 1.165) is 36.7 Å². The smallest absolute Gasteiger partial charge is 0.264 e. The van der Waals surface area contributed by atoms with Gasteiger partial charge in [-0.2, -0.15) is 5.10 Å². The number of hydrogen-bond donors (Lipinski definition) is 1. The summed E-state index contributed by atoms with van der Waals surface area (Å²) in [5, 5.41) is 4.36. The number of hydrazone groups is 1. The van der Waals surface area contributed by atoms with Crippen LogP contribution in [-0.4, -0.2) is 57.6 Å². The van der Waals surface area contributed by atoms with Crippen LogP contribution in [0.2, 0.25) is 5.02 Å². The van der Waals surface area contributed by atoms with Gasteiger partial charge in [-0.25, -0.2) is 13.8 Å². The maximum absolute atomic E-state index is 13.3. The first-order valence-corrected chi connectivity index (χ1v) is 14.3. The number of hydrogen-bond acceptors (Lipinski definition) is 6. The van der Waals surface area contributed by atoms with Crippen LogP contribution in [0.3, 0.4) is 0 Å². The van der Waals surface area contributed by atoms with Crippen LogP contribution in [-0.2, 0) is 19.6 Å². The van der Waals surface area contributed by atoms with Gasteiger partial charge in [0, 0.05) is 18.1 Å². The van der Waals surface area contributed by atoms with Crippen LogP contribution in [0.5, 0.6) is 5.75 Å². The number of carbonyl (C=O) groups is 2. The minimum absolute atomic E-state index is 0.00647. The first-order chi connectivity index (χ1) is 18.8. The summed E-state index contributed by atoms with van der Waals surface area (Å²) in [6.45, 7) is 1.06. The number of amides is 2. The van der Waals surface area contributed by atoms with Crippen molar-refractivity contribution in [3.05, 3.63) is 89.4 Å². The summed E-state index contributed by atoms with van der Waals surface area (Å²) in [6.07, 6.45) is 4.64. The number of halogens is 1. The molecule has 0 aliphatic carbocycles. The second-order valence-electron chi connectivity index (χ2n) is 8.89. The zero-order valence-electron chi connectivity index (χ0n) is 21.2. The second-order valence-corrected chi connectivity index (χ2v) is 11.2. The highest BCUT2D eigenvalue weighted by Gasteiger charge is 2.27. The first kappa shape index (κ1) is 28.1. The zero-order valence-corrected chi connectivity index (χ0v) is 22.8. The molecule has 39 heavy (non-hydrogen) atoms. The minimum Gasteiger partial charge on any atom is -0.484 e. The van der Waals surface area contributed by atoms with Crippen molar-refractivity contribution in [2.45, 2.75) is 24.2 Å². The van der Waals surface area contributed by atoms with E-state index in [2.05, 4.69) is 10.5 Å². The number of carbonyl (C=O) groups excluding carboxylic acids is 2. The van der Waals surface area contributed by atoms with Gasteiger partial charge in [-0.3, -0.25) is 13.9 Å². The Morgan fingerprint density at radius 2 is 1.62 bits per heavy atom. The SMILES string of the molecule is O=C(CN(c1ccccc1)S(=O)(=O)c1ccc(Cl)cc1)N/N=C\c1ccc(OCC(=O)N2CCCCC2)cc1. The number of sulfonamides is 1. The van der Waals surface area contributed by atoms with Crippen molar-refractivity contribution in [1.82, 2.24) is 10.3 Å². The van der Waals surface area contributed by atoms with E-state index in [1.54, 1.807) is 54.6 Å². The largest absolute Gasteiger partial charge is 0.484 e. The number of piperidine rings is 1. The molecule has 4 rings (SSSR count). The molecule has 1 aliphatic heterocycles. The molecule has 0 saturated carbocycles. The molecule has 9 nitrogen and oxygen atoms in total. The topological polar surface area (TPSA) is 108 Å². The molecule has 0 unspecified atom stereocenters. The highest BCUT2D eigenvalue weighted by Crippen LogP contribution is 2.24. The molecule has 3 aromatic rings. The molecular formula is C28H29ClN4O5S. The molecule has 0 atom stereocenters. The Kier molecular flexibility index (Phi) is 9.56. The van der Waals surface area contributed by atoms with E-state index in [4.69, 9.17) is 16.3 Å². The molecule has 2 amide bonds. The molecule has 204 valence electrons. The summed E-state index contributed by atoms with van der Waals surface area (Å²) < 4.78 is 33.3. The fraction of sp³-hybridized carbons (Fsp3) is 0.250. The normalized spacial score (nSPS) is 13.7. The lowest BCUT2D eigenvalue weighted by Crippen LogP contribution is -2.39. The van der Waals surface area contributed by atoms with Crippen molar-refractivity contribution in [3.8, 4) is 5.75 Å². The minimum atomic E-state index is -4.05. The molecule has 0 radical (unpaired) electrons. The van der Waals surface area contributed by atoms with Crippen molar-refractivity contribution in [2.75, 3.05) is 30.5 Å². The second kappa shape index (κ2) is 13.3. The van der Waals surface area contributed by atoms with Gasteiger partial charge < -0.3 is 9.64 Å². The number of rotatable bonds is 10. The van der Waals surface area contributed by atoms with Gasteiger partial charge in [0.15, 0.2) is 6.61 Å². The Hall–Kier alpha value is -3.89. The van der Waals surface area contributed by atoms with Crippen molar-refractivity contribution < 1.29 is 22.7 Å². The molecule has 1 heterocycles. The maximum atomic E-state index is 13.3. The lowest BCUT2D eigenvalue weighted by molar-refractivity contribution is -0.134. The third-order valence-electron chi connectivity index (χ3n) is 6.09. The third kappa shape index (κ3) is 7.81. The van der Waals surface area contributed by atoms with E-state index < -0.39 is 22.5 Å². The number of nitrogens with zero attached hydrogens (tertiary/aromatic N) is 3. The van der Waals surface area contributed by atoms with Gasteiger partial charge in [0.2, 0.25) is 0 Å². The average Bonchev–Trinajstić information content (AvgIpc) is 2.96. The Morgan fingerprint density at radius 1 is 0.949 bits per heavy atom. The van der Waals surface area contributed by atoms with E-state index in [0.29, 0.717) is 22.0 Å². The number of ether oxygens (including phenoxy) is 1. The van der Waals surface area contributed by atoms with Crippen molar-refractivity contribution in [2.24, 2.45) is 5.10 Å². The standard InChI is InChI=1S/C28H29ClN4O5S/c29-23-11-15-26(16-12-23)39(36,37)33(24-7-3-1-4-8-24)20-27(34)31-30-19-22-9-13-25(14-10-22)38-21-28(35)32-17-5-2-6-18-32/h1,3-4,7-16,19H,2,5-6,17-18,20-21H2,(H,31,34)/b30-19-. The predicted molar refractivity (Wildman–Crippen MR) is 151 cm³/mol. The van der Waals surface area contributed by atoms with Crippen molar-refractivity contribution in [3.63, 3.8) is 0 Å². The van der Waals surface area contributed by atoms with Gasteiger partial charge in [0.05, 0.1) is 16.8 Å². The van der Waals surface area contributed by atoms with Gasteiger partial charge in [0.1, 0.15) is 12.3 Å². The Labute approximate surface area is 233 Å². The number of para-hydroxylation sites is 1. The number of nitrogens with one attached hydrogen (secondary N) is 1. The molecule has 0 aromatic heterocycles. The third-order valence-corrected chi connectivity index (χ3v) is 8.13. The van der Waals surface area contributed by atoms with Crippen LogP contribution >= 0.6 is 11.6 Å². The zero-order chi connectivity index (χ0) is 27.7. The molecule has 3 aromatic carbocycles. The average molecular weight is 569 g/mol. The molecule has 1 aliphatic rings. The monoisotopic (exact) mass is 568 g/mol. The molecule has 1 N–H and O–H groups in total. The van der Waals surface area contributed by atoms with Crippen LogP contribution in [0.4, 0.5) is 5.69 Å². The maximum Gasteiger partial charge on any atom is 0.264 e. The Bertz CT molecular complexity index is 1390. The van der Waals surface area contributed by atoms with Gasteiger partial charge in [-0.1, -0.05) is 29.8 Å². The van der Waals surface area contributed by atoms with E-state index in [-0.39, 0.29) is 17.4 Å². The van der Waals surface area contributed by atoms with Crippen LogP contribution in [0.25, 0.3) is 0 Å². The Balaban J connectivity index is 1.34. The van der Waals surface area contributed by atoms with Gasteiger partial charge in [-0.05, 0) is 85.5 Å². The van der Waals surface area contributed by atoms with Crippen LogP contribution in [0.1, 0.15) is 24.8 Å². The summed E-state index contributed by atoms with van der Waals surface area (Å²) >= 11 is 5.91. The predicted octanol–water partition coefficient (Wildman–Crippen LogP) is 4.08. The quantitative estimate of drug-likeness (QED) is 0.293. The Morgan fingerprint density at radius 3 is 2.28 bits per heavy atom. The number of anilines is 1. The molecule has 0 bridgehead atoms. The highest BCUT2D eigenvalue weighted by atomic mass is 35.5. The lowest BCUT2D eigenvalue weighted by atomic mass is 10.1. The molecule has 0 spiro atoms. The van der Waals surface area contributed by atoms with E-state index in [1.165, 1.54) is 30.5 Å². The lowest BCUT2D eigenvalue weighted by Gasteiger charge is -2.26. The number of likely N-dealkylation sites (tertiary alicyclic amines) is 1. The molecule has 1 saturated heterocycles. The summed E-state index contributed by atoms with van der Waals surface area (Å²) in [5.41, 5.74) is 3.39. The summed E-state index contributed by atoms with van der Waals surface area (Å²) in [6, 6.07) is 21.0. The van der Waals surface area contributed by atoms with Crippen molar-refractivity contribution >= 4 is 45.3 Å². The van der Waals surface area contributed by atoms with Crippen LogP contribution < -0.4 is 14.5 Å². The first-order valence-electron chi connectivity index (χ1n) is 12.5. The summed E-state index contributed by atoms with van der Waals surface area (Å²) in [7, 11) is -4.05. The molecular weight excluding hydrogens is 540 g/mol. The van der Waals surface area contributed by atoms with Gasteiger partial charge in [-0.15, -0.1) is 0 Å². The summed E-state index contributed by atoms with van der Waals surface area (Å²) in [4.78, 5) is 26.8. The van der Waals surface area contributed by atoms with E-state index in [1.807, 2.05) is 4.90 Å². The van der Waals surface area contributed by atoms with E-state index in [9.17, 15) is 18.0 Å². The molecule has 11 heteroatoms. The van der Waals surface area contributed by atoms with Gasteiger partial charge >= 0.3 is 0 Å².